The summed E-state index contributed by atoms with van der Waals surface area (Å²) in [6, 6.07) is 21.4. The molecule has 0 unspecified atom stereocenters. The number of nitrogens with one attached hydrogen (secondary N) is 1. The average molecular weight is 344 g/mol. The van der Waals surface area contributed by atoms with Crippen molar-refractivity contribution >= 4 is 28.3 Å². The first-order valence-corrected chi connectivity index (χ1v) is 8.07. The molecule has 1 atom stereocenters. The smallest absolute Gasteiger partial charge is 0.338 e. The summed E-state index contributed by atoms with van der Waals surface area (Å²) in [5.41, 5.74) is 1.42. The second-order valence-corrected chi connectivity index (χ2v) is 5.79. The van der Waals surface area contributed by atoms with E-state index in [-0.39, 0.29) is 0 Å². The highest BCUT2D eigenvalue weighted by molar-refractivity contribution is 5.99. The van der Waals surface area contributed by atoms with Crippen LogP contribution in [-0.2, 0) is 9.53 Å². The molecule has 5 nitrogen and oxygen atoms in total. The predicted molar refractivity (Wildman–Crippen MR) is 98.6 cm³/mol. The first kappa shape index (κ1) is 17.2. The summed E-state index contributed by atoms with van der Waals surface area (Å²) in [5, 5.41) is 13.4. The fourth-order valence-corrected chi connectivity index (χ4v) is 2.47. The van der Waals surface area contributed by atoms with Gasteiger partial charge in [0.25, 0.3) is 5.91 Å². The lowest BCUT2D eigenvalue weighted by Crippen LogP contribution is -2.30. The molecule has 0 aromatic heterocycles. The number of carbonyl (C=O) groups is 2. The van der Waals surface area contributed by atoms with Gasteiger partial charge in [0.2, 0.25) is 0 Å². The van der Waals surface area contributed by atoms with Crippen LogP contribution in [-0.4, -0.2) is 18.0 Å². The SMILES string of the molecule is C[C@@H](OC(=O)c1ccc2ccccc2c1)C(=O)Nc1ccc(C#N)cc1. The Morgan fingerprint density at radius 1 is 1.00 bits per heavy atom. The number of rotatable bonds is 4. The lowest BCUT2D eigenvalue weighted by molar-refractivity contribution is -0.123. The molecule has 128 valence electrons. The second kappa shape index (κ2) is 7.49. The van der Waals surface area contributed by atoms with Crippen molar-refractivity contribution < 1.29 is 14.3 Å². The number of nitrogens with zero attached hydrogens (tertiary/aromatic N) is 1. The molecule has 0 spiro atoms. The zero-order valence-electron chi connectivity index (χ0n) is 14.1. The first-order chi connectivity index (χ1) is 12.6. The fraction of sp³-hybridized carbons (Fsp3) is 0.0952. The maximum absolute atomic E-state index is 12.3. The van der Waals surface area contributed by atoms with Crippen LogP contribution in [0, 0.1) is 11.3 Å². The summed E-state index contributed by atoms with van der Waals surface area (Å²) in [7, 11) is 0. The molecule has 0 fully saturated rings. The molecule has 0 saturated carbocycles. The van der Waals surface area contributed by atoms with Crippen LogP contribution in [0.2, 0.25) is 0 Å². The molecule has 0 aliphatic rings. The Kier molecular flexibility index (Phi) is 4.95. The van der Waals surface area contributed by atoms with Crippen LogP contribution in [0.5, 0.6) is 0 Å². The summed E-state index contributed by atoms with van der Waals surface area (Å²) in [6.07, 6.45) is -0.954. The molecule has 1 amide bonds. The van der Waals surface area contributed by atoms with E-state index in [0.717, 1.165) is 10.8 Å². The molecule has 0 saturated heterocycles. The minimum atomic E-state index is -0.954. The van der Waals surface area contributed by atoms with Gasteiger partial charge in [-0.05, 0) is 54.1 Å². The molecule has 3 aromatic carbocycles. The minimum Gasteiger partial charge on any atom is -0.449 e. The molecule has 0 radical (unpaired) electrons. The Morgan fingerprint density at radius 3 is 2.38 bits per heavy atom. The Labute approximate surface area is 150 Å². The van der Waals surface area contributed by atoms with Gasteiger partial charge in [-0.3, -0.25) is 4.79 Å². The number of nitriles is 1. The Balaban J connectivity index is 1.65. The van der Waals surface area contributed by atoms with Crippen LogP contribution in [0.25, 0.3) is 10.8 Å². The van der Waals surface area contributed by atoms with E-state index in [9.17, 15) is 9.59 Å². The third-order valence-electron chi connectivity index (χ3n) is 3.92. The Hall–Kier alpha value is -3.65. The standard InChI is InChI=1S/C21H16N2O3/c1-14(20(24)23-19-10-6-15(13-22)7-11-19)26-21(25)18-9-8-16-4-2-3-5-17(16)12-18/h2-12,14H,1H3,(H,23,24)/t14-/m1/s1. The summed E-state index contributed by atoms with van der Waals surface area (Å²) in [6.45, 7) is 1.51. The Bertz CT molecular complexity index is 1000. The van der Waals surface area contributed by atoms with Gasteiger partial charge in [0.1, 0.15) is 0 Å². The molecule has 1 N–H and O–H groups in total. The molecule has 0 aliphatic carbocycles. The quantitative estimate of drug-likeness (QED) is 0.728. The lowest BCUT2D eigenvalue weighted by atomic mass is 10.1. The van der Waals surface area contributed by atoms with E-state index in [1.54, 1.807) is 36.4 Å². The summed E-state index contributed by atoms with van der Waals surface area (Å²) >= 11 is 0. The van der Waals surface area contributed by atoms with E-state index in [1.807, 2.05) is 36.4 Å². The van der Waals surface area contributed by atoms with Crippen LogP contribution in [0.15, 0.2) is 66.7 Å². The number of hydrogen-bond acceptors (Lipinski definition) is 4. The molecule has 3 rings (SSSR count). The van der Waals surface area contributed by atoms with Gasteiger partial charge in [-0.25, -0.2) is 4.79 Å². The van der Waals surface area contributed by atoms with E-state index in [1.165, 1.54) is 6.92 Å². The lowest BCUT2D eigenvalue weighted by Gasteiger charge is -2.14. The van der Waals surface area contributed by atoms with Gasteiger partial charge < -0.3 is 10.1 Å². The number of benzene rings is 3. The fourth-order valence-electron chi connectivity index (χ4n) is 2.47. The van der Waals surface area contributed by atoms with Gasteiger partial charge in [-0.1, -0.05) is 30.3 Å². The molecule has 0 bridgehead atoms. The largest absolute Gasteiger partial charge is 0.449 e. The van der Waals surface area contributed by atoms with Crippen molar-refractivity contribution in [3.05, 3.63) is 77.9 Å². The van der Waals surface area contributed by atoms with Crippen LogP contribution in [0.1, 0.15) is 22.8 Å². The number of ether oxygens (including phenoxy) is 1. The van der Waals surface area contributed by atoms with Crippen LogP contribution in [0.4, 0.5) is 5.69 Å². The predicted octanol–water partition coefficient (Wildman–Crippen LogP) is 3.90. The maximum atomic E-state index is 12.3. The van der Waals surface area contributed by atoms with Crippen LogP contribution < -0.4 is 5.32 Å². The third-order valence-corrected chi connectivity index (χ3v) is 3.92. The number of hydrogen-bond donors (Lipinski definition) is 1. The maximum Gasteiger partial charge on any atom is 0.338 e. The molecule has 0 aliphatic heterocycles. The van der Waals surface area contributed by atoms with Gasteiger partial charge in [0.05, 0.1) is 17.2 Å². The monoisotopic (exact) mass is 344 g/mol. The molecular weight excluding hydrogens is 328 g/mol. The summed E-state index contributed by atoms with van der Waals surface area (Å²) < 4.78 is 5.26. The van der Waals surface area contributed by atoms with Gasteiger partial charge in [0, 0.05) is 5.69 Å². The zero-order chi connectivity index (χ0) is 18.5. The van der Waals surface area contributed by atoms with E-state index < -0.39 is 18.0 Å². The van der Waals surface area contributed by atoms with Crippen molar-refractivity contribution in [3.8, 4) is 6.07 Å². The van der Waals surface area contributed by atoms with Crippen molar-refractivity contribution in [2.75, 3.05) is 5.32 Å². The van der Waals surface area contributed by atoms with Crippen molar-refractivity contribution in [3.63, 3.8) is 0 Å². The molecule has 0 heterocycles. The number of esters is 1. The number of fused-ring (bicyclic) bond motifs is 1. The second-order valence-electron chi connectivity index (χ2n) is 5.79. The van der Waals surface area contributed by atoms with Gasteiger partial charge in [0.15, 0.2) is 6.10 Å². The summed E-state index contributed by atoms with van der Waals surface area (Å²) in [4.78, 5) is 24.5. The molecule has 26 heavy (non-hydrogen) atoms. The van der Waals surface area contributed by atoms with Crippen molar-refractivity contribution in [2.45, 2.75) is 13.0 Å². The molecule has 5 heteroatoms. The van der Waals surface area contributed by atoms with E-state index in [4.69, 9.17) is 10.00 Å². The number of carbonyl (C=O) groups excluding carboxylic acids is 2. The van der Waals surface area contributed by atoms with Crippen molar-refractivity contribution in [1.29, 1.82) is 5.26 Å². The topological polar surface area (TPSA) is 79.2 Å². The number of amides is 1. The first-order valence-electron chi connectivity index (χ1n) is 8.07. The Morgan fingerprint density at radius 2 is 1.69 bits per heavy atom. The average Bonchev–Trinajstić information content (AvgIpc) is 2.68. The van der Waals surface area contributed by atoms with E-state index in [0.29, 0.717) is 16.8 Å². The highest BCUT2D eigenvalue weighted by Gasteiger charge is 2.19. The zero-order valence-corrected chi connectivity index (χ0v) is 14.1. The van der Waals surface area contributed by atoms with E-state index >= 15 is 0 Å². The summed E-state index contributed by atoms with van der Waals surface area (Å²) in [5.74, 6) is -0.998. The van der Waals surface area contributed by atoms with Crippen LogP contribution >= 0.6 is 0 Å². The van der Waals surface area contributed by atoms with E-state index in [2.05, 4.69) is 5.32 Å². The van der Waals surface area contributed by atoms with Gasteiger partial charge in [-0.15, -0.1) is 0 Å². The van der Waals surface area contributed by atoms with Gasteiger partial charge in [-0.2, -0.15) is 5.26 Å². The van der Waals surface area contributed by atoms with Gasteiger partial charge >= 0.3 is 5.97 Å². The minimum absolute atomic E-state index is 0.390. The highest BCUT2D eigenvalue weighted by Crippen LogP contribution is 2.17. The van der Waals surface area contributed by atoms with Crippen molar-refractivity contribution in [2.24, 2.45) is 0 Å². The number of anilines is 1. The van der Waals surface area contributed by atoms with Crippen molar-refractivity contribution in [1.82, 2.24) is 0 Å². The molecular formula is C21H16N2O3. The third kappa shape index (κ3) is 3.87. The highest BCUT2D eigenvalue weighted by atomic mass is 16.5. The normalized spacial score (nSPS) is 11.4. The molecule has 3 aromatic rings. The van der Waals surface area contributed by atoms with Crippen LogP contribution in [0.3, 0.4) is 0 Å².